The van der Waals surface area contributed by atoms with Crippen molar-refractivity contribution >= 4 is 36.5 Å². The fourth-order valence-electron chi connectivity index (χ4n) is 3.32. The minimum absolute atomic E-state index is 0.0102. The molecule has 0 heterocycles. The van der Waals surface area contributed by atoms with Crippen molar-refractivity contribution in [2.24, 2.45) is 0 Å². The first-order chi connectivity index (χ1) is 16.9. The van der Waals surface area contributed by atoms with E-state index in [2.05, 4.69) is 23.3 Å². The van der Waals surface area contributed by atoms with E-state index in [1.54, 1.807) is 45.9 Å². The van der Waals surface area contributed by atoms with E-state index in [4.69, 9.17) is 9.47 Å². The van der Waals surface area contributed by atoms with Crippen LogP contribution in [0, 0.1) is 0 Å². The van der Waals surface area contributed by atoms with E-state index in [0.717, 1.165) is 6.42 Å². The van der Waals surface area contributed by atoms with Gasteiger partial charge in [-0.2, -0.15) is 12.6 Å². The Morgan fingerprint density at radius 3 is 2.36 bits per heavy atom. The number of thiol groups is 1. The average Bonchev–Trinajstić information content (AvgIpc) is 2.79. The third-order valence-electron chi connectivity index (χ3n) is 4.93. The molecule has 1 rings (SSSR count). The van der Waals surface area contributed by atoms with Gasteiger partial charge in [0.15, 0.2) is 0 Å². The Bertz CT molecular complexity index is 889. The molecule has 0 aliphatic carbocycles. The van der Waals surface area contributed by atoms with Crippen molar-refractivity contribution in [3.05, 3.63) is 29.8 Å². The lowest BCUT2D eigenvalue weighted by Gasteiger charge is -2.34. The highest BCUT2D eigenvalue weighted by Crippen LogP contribution is 2.30. The number of hydrogen-bond donors (Lipinski definition) is 4. The van der Waals surface area contributed by atoms with Gasteiger partial charge in [0.25, 0.3) is 0 Å². The second kappa shape index (κ2) is 15.2. The number of esters is 1. The summed E-state index contributed by atoms with van der Waals surface area (Å²) in [6, 6.07) is 3.93. The first-order valence-corrected chi connectivity index (χ1v) is 12.7. The van der Waals surface area contributed by atoms with Crippen LogP contribution in [0.4, 0.5) is 4.79 Å². The maximum atomic E-state index is 13.7. The zero-order valence-corrected chi connectivity index (χ0v) is 22.6. The van der Waals surface area contributed by atoms with Crippen LogP contribution < -0.4 is 10.6 Å². The highest BCUT2D eigenvalue weighted by molar-refractivity contribution is 7.80. The normalized spacial score (nSPS) is 12.7. The Hall–Kier alpha value is -2.95. The molecule has 0 radical (unpaired) electrons. The van der Waals surface area contributed by atoms with Crippen LogP contribution in [0.15, 0.2) is 24.3 Å². The van der Waals surface area contributed by atoms with Crippen LogP contribution in [0.25, 0.3) is 0 Å². The van der Waals surface area contributed by atoms with Gasteiger partial charge in [0.05, 0.1) is 13.0 Å². The van der Waals surface area contributed by atoms with E-state index in [0.29, 0.717) is 6.42 Å². The van der Waals surface area contributed by atoms with Crippen LogP contribution in [-0.2, 0) is 23.9 Å². The molecule has 0 aromatic heterocycles. The van der Waals surface area contributed by atoms with Gasteiger partial charge in [-0.1, -0.05) is 31.5 Å². The summed E-state index contributed by atoms with van der Waals surface area (Å²) < 4.78 is 10.2. The fraction of sp³-hybridized carbons (Fsp3) is 0.600. The molecule has 11 heteroatoms. The van der Waals surface area contributed by atoms with Gasteiger partial charge in [-0.15, -0.1) is 0 Å². The van der Waals surface area contributed by atoms with Crippen molar-refractivity contribution in [1.82, 2.24) is 15.5 Å². The number of alkyl carbamates (subject to hydrolysis) is 1. The standard InChI is InChI=1S/C25H39N3O7S/c1-6-8-15-28(23(32)18(16-36)27-24(33)35-25(3,4)5)21(17-11-9-10-12-19(17)29)22(31)26-14-13-20(30)34-7-2/h9-12,18,21,29,36H,6-8,13-16H2,1-5H3,(H,26,31)(H,27,33). The van der Waals surface area contributed by atoms with Gasteiger partial charge < -0.3 is 30.1 Å². The molecule has 2 unspecified atom stereocenters. The second-order valence-corrected chi connectivity index (χ2v) is 9.44. The summed E-state index contributed by atoms with van der Waals surface area (Å²) in [5.41, 5.74) is -0.557. The molecule has 0 saturated carbocycles. The molecule has 36 heavy (non-hydrogen) atoms. The molecular formula is C25H39N3O7S. The van der Waals surface area contributed by atoms with Crippen molar-refractivity contribution < 1.29 is 33.8 Å². The first-order valence-electron chi connectivity index (χ1n) is 12.1. The lowest BCUT2D eigenvalue weighted by molar-refractivity contribution is -0.144. The number of para-hydroxylation sites is 1. The Morgan fingerprint density at radius 2 is 1.81 bits per heavy atom. The van der Waals surface area contributed by atoms with Crippen LogP contribution in [0.3, 0.4) is 0 Å². The van der Waals surface area contributed by atoms with E-state index < -0.39 is 41.6 Å². The van der Waals surface area contributed by atoms with Crippen molar-refractivity contribution in [3.63, 3.8) is 0 Å². The smallest absolute Gasteiger partial charge is 0.408 e. The summed E-state index contributed by atoms with van der Waals surface area (Å²) in [6.45, 7) is 9.12. The SMILES string of the molecule is CCCCN(C(=O)C(CS)NC(=O)OC(C)(C)C)C(C(=O)NCCC(=O)OCC)c1ccccc1O. The third kappa shape index (κ3) is 10.3. The quantitative estimate of drug-likeness (QED) is 0.230. The molecule has 10 nitrogen and oxygen atoms in total. The van der Waals surface area contributed by atoms with Gasteiger partial charge >= 0.3 is 12.1 Å². The summed E-state index contributed by atoms with van der Waals surface area (Å²) in [7, 11) is 0. The van der Waals surface area contributed by atoms with Crippen LogP contribution in [-0.4, -0.2) is 71.0 Å². The van der Waals surface area contributed by atoms with Crippen molar-refractivity contribution in [2.45, 2.75) is 71.6 Å². The lowest BCUT2D eigenvalue weighted by Crippen LogP contribution is -2.54. The molecule has 2 atom stereocenters. The monoisotopic (exact) mass is 525 g/mol. The molecule has 0 saturated heterocycles. The number of unbranched alkanes of at least 4 members (excludes halogenated alkanes) is 1. The Kier molecular flexibility index (Phi) is 13.1. The van der Waals surface area contributed by atoms with E-state index in [9.17, 15) is 24.3 Å². The number of ether oxygens (including phenoxy) is 2. The van der Waals surface area contributed by atoms with E-state index >= 15 is 0 Å². The molecule has 1 aromatic carbocycles. The molecule has 0 spiro atoms. The molecular weight excluding hydrogens is 486 g/mol. The predicted octanol–water partition coefficient (Wildman–Crippen LogP) is 2.95. The van der Waals surface area contributed by atoms with Crippen molar-refractivity contribution in [1.29, 1.82) is 0 Å². The second-order valence-electron chi connectivity index (χ2n) is 9.07. The molecule has 202 valence electrons. The minimum Gasteiger partial charge on any atom is -0.508 e. The number of nitrogens with one attached hydrogen (secondary N) is 2. The number of aromatic hydroxyl groups is 1. The van der Waals surface area contributed by atoms with Crippen LogP contribution >= 0.6 is 12.6 Å². The Morgan fingerprint density at radius 1 is 1.14 bits per heavy atom. The van der Waals surface area contributed by atoms with E-state index in [-0.39, 0.29) is 43.2 Å². The fourth-order valence-corrected chi connectivity index (χ4v) is 3.56. The molecule has 1 aromatic rings. The number of carbonyl (C=O) groups is 4. The van der Waals surface area contributed by atoms with E-state index in [1.807, 2.05) is 6.92 Å². The largest absolute Gasteiger partial charge is 0.508 e. The number of carbonyl (C=O) groups excluding carboxylic acids is 4. The predicted molar refractivity (Wildman–Crippen MR) is 139 cm³/mol. The highest BCUT2D eigenvalue weighted by Gasteiger charge is 2.36. The van der Waals surface area contributed by atoms with Crippen molar-refractivity contribution in [2.75, 3.05) is 25.4 Å². The number of phenolic OH excluding ortho intramolecular Hbond substituents is 1. The average molecular weight is 526 g/mol. The van der Waals surface area contributed by atoms with Gasteiger partial charge in [-0.05, 0) is 40.2 Å². The number of benzene rings is 1. The Labute approximate surface area is 218 Å². The summed E-state index contributed by atoms with van der Waals surface area (Å²) in [4.78, 5) is 52.4. The van der Waals surface area contributed by atoms with Gasteiger partial charge in [-0.25, -0.2) is 4.79 Å². The number of rotatable bonds is 13. The minimum atomic E-state index is -1.21. The molecule has 0 bridgehead atoms. The molecule has 3 N–H and O–H groups in total. The maximum absolute atomic E-state index is 13.7. The van der Waals surface area contributed by atoms with Gasteiger partial charge in [0.1, 0.15) is 23.4 Å². The zero-order valence-electron chi connectivity index (χ0n) is 21.7. The lowest BCUT2D eigenvalue weighted by atomic mass is 10.0. The molecule has 0 fully saturated rings. The third-order valence-corrected chi connectivity index (χ3v) is 5.30. The van der Waals surface area contributed by atoms with Crippen LogP contribution in [0.2, 0.25) is 0 Å². The van der Waals surface area contributed by atoms with Gasteiger partial charge in [0, 0.05) is 24.4 Å². The van der Waals surface area contributed by atoms with Crippen LogP contribution in [0.5, 0.6) is 5.75 Å². The summed E-state index contributed by atoms with van der Waals surface area (Å²) in [5.74, 6) is -1.82. The van der Waals surface area contributed by atoms with Crippen molar-refractivity contribution in [3.8, 4) is 5.75 Å². The number of amides is 3. The number of phenols is 1. The summed E-state index contributed by atoms with van der Waals surface area (Å²) >= 11 is 4.23. The summed E-state index contributed by atoms with van der Waals surface area (Å²) in [5, 5.41) is 15.7. The topological polar surface area (TPSA) is 134 Å². The number of hydrogen-bond acceptors (Lipinski definition) is 8. The molecule has 0 aliphatic heterocycles. The molecule has 3 amide bonds. The number of nitrogens with zero attached hydrogens (tertiary/aromatic N) is 1. The van der Waals surface area contributed by atoms with E-state index in [1.165, 1.54) is 11.0 Å². The zero-order chi connectivity index (χ0) is 27.3. The Balaban J connectivity index is 3.29. The first kappa shape index (κ1) is 31.1. The summed E-state index contributed by atoms with van der Waals surface area (Å²) in [6.07, 6.45) is 0.461. The maximum Gasteiger partial charge on any atom is 0.408 e. The van der Waals surface area contributed by atoms with Gasteiger partial charge in [0.2, 0.25) is 11.8 Å². The van der Waals surface area contributed by atoms with Crippen LogP contribution in [0.1, 0.15) is 65.5 Å². The highest BCUT2D eigenvalue weighted by atomic mass is 32.1. The molecule has 0 aliphatic rings. The van der Waals surface area contributed by atoms with Gasteiger partial charge in [-0.3, -0.25) is 14.4 Å².